The SMILES string of the molecule is CCCCCC(C)(C)CN1CC(C(C)(C)C)NCC1CC. The second-order valence-electron chi connectivity index (χ2n) is 8.94. The van der Waals surface area contributed by atoms with Crippen molar-refractivity contribution in [1.82, 2.24) is 10.2 Å². The van der Waals surface area contributed by atoms with E-state index in [4.69, 9.17) is 0 Å². The highest BCUT2D eigenvalue weighted by atomic mass is 15.2. The lowest BCUT2D eigenvalue weighted by molar-refractivity contribution is 0.0493. The highest BCUT2D eigenvalue weighted by molar-refractivity contribution is 4.93. The average molecular weight is 297 g/mol. The first-order chi connectivity index (χ1) is 9.69. The van der Waals surface area contributed by atoms with Gasteiger partial charge in [0, 0.05) is 31.7 Å². The maximum atomic E-state index is 3.79. The van der Waals surface area contributed by atoms with E-state index in [-0.39, 0.29) is 0 Å². The van der Waals surface area contributed by atoms with Crippen LogP contribution in [0.3, 0.4) is 0 Å². The number of hydrogen-bond donors (Lipinski definition) is 1. The summed E-state index contributed by atoms with van der Waals surface area (Å²) in [5.41, 5.74) is 0.797. The topological polar surface area (TPSA) is 15.3 Å². The predicted molar refractivity (Wildman–Crippen MR) is 94.8 cm³/mol. The minimum Gasteiger partial charge on any atom is -0.311 e. The molecule has 2 nitrogen and oxygen atoms in total. The van der Waals surface area contributed by atoms with Crippen LogP contribution >= 0.6 is 0 Å². The highest BCUT2D eigenvalue weighted by Gasteiger charge is 2.35. The van der Waals surface area contributed by atoms with Crippen LogP contribution in [0.15, 0.2) is 0 Å². The molecule has 0 aliphatic carbocycles. The quantitative estimate of drug-likeness (QED) is 0.686. The lowest BCUT2D eigenvalue weighted by atomic mass is 9.82. The van der Waals surface area contributed by atoms with Gasteiger partial charge in [0.2, 0.25) is 0 Å². The van der Waals surface area contributed by atoms with Crippen LogP contribution in [0.25, 0.3) is 0 Å². The van der Waals surface area contributed by atoms with Crippen molar-refractivity contribution >= 4 is 0 Å². The molecule has 0 bridgehead atoms. The normalized spacial score (nSPS) is 25.3. The largest absolute Gasteiger partial charge is 0.311 e. The third-order valence-corrected chi connectivity index (χ3v) is 5.14. The third-order valence-electron chi connectivity index (χ3n) is 5.14. The molecule has 1 aliphatic heterocycles. The van der Waals surface area contributed by atoms with Crippen molar-refractivity contribution < 1.29 is 0 Å². The van der Waals surface area contributed by atoms with Crippen LogP contribution in [0.5, 0.6) is 0 Å². The second-order valence-corrected chi connectivity index (χ2v) is 8.94. The Hall–Kier alpha value is -0.0800. The number of hydrogen-bond acceptors (Lipinski definition) is 2. The molecule has 0 spiro atoms. The molecular weight excluding hydrogens is 256 g/mol. The van der Waals surface area contributed by atoms with E-state index in [1.807, 2.05) is 0 Å². The van der Waals surface area contributed by atoms with E-state index < -0.39 is 0 Å². The predicted octanol–water partition coefficient (Wildman–Crippen LogP) is 4.69. The van der Waals surface area contributed by atoms with Gasteiger partial charge >= 0.3 is 0 Å². The summed E-state index contributed by atoms with van der Waals surface area (Å²) in [6, 6.07) is 1.33. The Bertz CT molecular complexity index is 290. The first kappa shape index (κ1) is 19.0. The zero-order valence-electron chi connectivity index (χ0n) is 15.8. The molecule has 0 amide bonds. The third kappa shape index (κ3) is 6.28. The minimum atomic E-state index is 0.351. The molecular formula is C19H40N2. The van der Waals surface area contributed by atoms with E-state index in [2.05, 4.69) is 58.7 Å². The summed E-state index contributed by atoms with van der Waals surface area (Å²) in [7, 11) is 0. The van der Waals surface area contributed by atoms with Crippen molar-refractivity contribution in [3.05, 3.63) is 0 Å². The van der Waals surface area contributed by atoms with Crippen LogP contribution in [0, 0.1) is 10.8 Å². The Labute approximate surface area is 134 Å². The summed E-state index contributed by atoms with van der Waals surface area (Å²) in [5.74, 6) is 0. The lowest BCUT2D eigenvalue weighted by Gasteiger charge is -2.47. The van der Waals surface area contributed by atoms with Crippen LogP contribution < -0.4 is 5.32 Å². The first-order valence-corrected chi connectivity index (χ1v) is 9.17. The Morgan fingerprint density at radius 1 is 1.05 bits per heavy atom. The number of nitrogens with one attached hydrogen (secondary N) is 1. The Kier molecular flexibility index (Phi) is 7.19. The van der Waals surface area contributed by atoms with Crippen molar-refractivity contribution in [2.45, 2.75) is 92.7 Å². The van der Waals surface area contributed by atoms with Gasteiger partial charge in [0.25, 0.3) is 0 Å². The molecule has 1 aliphatic rings. The molecule has 2 heteroatoms. The second kappa shape index (κ2) is 7.97. The van der Waals surface area contributed by atoms with Crippen LogP contribution in [0.2, 0.25) is 0 Å². The van der Waals surface area contributed by atoms with E-state index >= 15 is 0 Å². The smallest absolute Gasteiger partial charge is 0.0244 e. The molecule has 0 aromatic carbocycles. The fraction of sp³-hybridized carbons (Fsp3) is 1.00. The maximum Gasteiger partial charge on any atom is 0.0244 e. The zero-order valence-corrected chi connectivity index (χ0v) is 15.8. The standard InChI is InChI=1S/C19H40N2/c1-8-10-11-12-19(6,7)15-21-14-17(18(3,4)5)20-13-16(21)9-2/h16-17,20H,8-15H2,1-7H3. The van der Waals surface area contributed by atoms with E-state index in [0.717, 1.165) is 6.54 Å². The Balaban J connectivity index is 2.62. The van der Waals surface area contributed by atoms with E-state index in [9.17, 15) is 0 Å². The lowest BCUT2D eigenvalue weighted by Crippen LogP contribution is -2.61. The van der Waals surface area contributed by atoms with Crippen LogP contribution in [-0.2, 0) is 0 Å². The molecule has 0 aromatic rings. The van der Waals surface area contributed by atoms with Crippen LogP contribution in [-0.4, -0.2) is 36.6 Å². The average Bonchev–Trinajstić information content (AvgIpc) is 2.37. The van der Waals surface area contributed by atoms with Crippen molar-refractivity contribution in [3.63, 3.8) is 0 Å². The van der Waals surface area contributed by atoms with E-state index in [1.54, 1.807) is 0 Å². The fourth-order valence-corrected chi connectivity index (χ4v) is 3.51. The number of rotatable bonds is 7. The monoisotopic (exact) mass is 296 g/mol. The fourth-order valence-electron chi connectivity index (χ4n) is 3.51. The van der Waals surface area contributed by atoms with Crippen LogP contribution in [0.1, 0.15) is 80.6 Å². The van der Waals surface area contributed by atoms with Crippen molar-refractivity contribution in [3.8, 4) is 0 Å². The van der Waals surface area contributed by atoms with Gasteiger partial charge in [0.1, 0.15) is 0 Å². The maximum absolute atomic E-state index is 3.79. The molecule has 0 aromatic heterocycles. The molecule has 1 heterocycles. The molecule has 126 valence electrons. The van der Waals surface area contributed by atoms with Crippen molar-refractivity contribution in [1.29, 1.82) is 0 Å². The summed E-state index contributed by atoms with van der Waals surface area (Å²) in [4.78, 5) is 2.78. The summed E-state index contributed by atoms with van der Waals surface area (Å²) in [6.07, 6.45) is 6.71. The molecule has 1 rings (SSSR count). The first-order valence-electron chi connectivity index (χ1n) is 9.17. The minimum absolute atomic E-state index is 0.351. The number of unbranched alkanes of at least 4 members (excludes halogenated alkanes) is 2. The summed E-state index contributed by atoms with van der Waals surface area (Å²) < 4.78 is 0. The van der Waals surface area contributed by atoms with Crippen molar-refractivity contribution in [2.24, 2.45) is 10.8 Å². The summed E-state index contributed by atoms with van der Waals surface area (Å²) in [5, 5.41) is 3.79. The molecule has 0 saturated carbocycles. The van der Waals surface area contributed by atoms with Gasteiger partial charge in [0.15, 0.2) is 0 Å². The molecule has 1 fully saturated rings. The van der Waals surface area contributed by atoms with Gasteiger partial charge in [-0.1, -0.05) is 67.7 Å². The van der Waals surface area contributed by atoms with E-state index in [1.165, 1.54) is 45.2 Å². The molecule has 1 saturated heterocycles. The van der Waals surface area contributed by atoms with Gasteiger partial charge < -0.3 is 5.32 Å². The van der Waals surface area contributed by atoms with E-state index in [0.29, 0.717) is 22.9 Å². The summed E-state index contributed by atoms with van der Waals surface area (Å²) in [6.45, 7) is 20.3. The molecule has 21 heavy (non-hydrogen) atoms. The van der Waals surface area contributed by atoms with Gasteiger partial charge in [-0.3, -0.25) is 4.90 Å². The van der Waals surface area contributed by atoms with Gasteiger partial charge in [-0.15, -0.1) is 0 Å². The molecule has 2 atom stereocenters. The summed E-state index contributed by atoms with van der Waals surface area (Å²) >= 11 is 0. The highest BCUT2D eigenvalue weighted by Crippen LogP contribution is 2.30. The Morgan fingerprint density at radius 2 is 1.71 bits per heavy atom. The van der Waals surface area contributed by atoms with Gasteiger partial charge in [-0.2, -0.15) is 0 Å². The number of nitrogens with zero attached hydrogens (tertiary/aromatic N) is 1. The number of piperazine rings is 1. The van der Waals surface area contributed by atoms with Gasteiger partial charge in [-0.25, -0.2) is 0 Å². The van der Waals surface area contributed by atoms with Gasteiger partial charge in [-0.05, 0) is 23.7 Å². The van der Waals surface area contributed by atoms with Gasteiger partial charge in [0.05, 0.1) is 0 Å². The molecule has 2 unspecified atom stereocenters. The molecule has 1 N–H and O–H groups in total. The van der Waals surface area contributed by atoms with Crippen LogP contribution in [0.4, 0.5) is 0 Å². The molecule has 0 radical (unpaired) electrons. The Morgan fingerprint density at radius 3 is 2.24 bits per heavy atom. The zero-order chi connectivity index (χ0) is 16.1. The van der Waals surface area contributed by atoms with Crippen molar-refractivity contribution in [2.75, 3.05) is 19.6 Å².